The molecule has 0 bridgehead atoms. The fourth-order valence-electron chi connectivity index (χ4n) is 4.30. The van der Waals surface area contributed by atoms with Crippen molar-refractivity contribution in [3.8, 4) is 11.5 Å². The highest BCUT2D eigenvalue weighted by atomic mass is 127. The summed E-state index contributed by atoms with van der Waals surface area (Å²) in [6.07, 6.45) is 7.76. The Balaban J connectivity index is 0.00000385. The Morgan fingerprint density at radius 3 is 2.48 bits per heavy atom. The van der Waals surface area contributed by atoms with Crippen LogP contribution < -0.4 is 20.1 Å². The highest BCUT2D eigenvalue weighted by Crippen LogP contribution is 2.42. The molecule has 0 amide bonds. The van der Waals surface area contributed by atoms with E-state index in [1.807, 2.05) is 30.7 Å². The van der Waals surface area contributed by atoms with Crippen LogP contribution in [0.25, 0.3) is 0 Å². The Morgan fingerprint density at radius 1 is 1.15 bits per heavy atom. The maximum absolute atomic E-state index is 5.58. The summed E-state index contributed by atoms with van der Waals surface area (Å²) in [6, 6.07) is 6.30. The van der Waals surface area contributed by atoms with E-state index in [4.69, 9.17) is 14.5 Å². The van der Waals surface area contributed by atoms with Crippen LogP contribution in [0.2, 0.25) is 0 Å². The quantitative estimate of drug-likeness (QED) is 0.207. The highest BCUT2D eigenvalue weighted by molar-refractivity contribution is 14.0. The smallest absolute Gasteiger partial charge is 0.191 e. The Hall–Kier alpha value is -2.30. The number of hydrogen-bond acceptors (Lipinski definition) is 5. The van der Waals surface area contributed by atoms with E-state index in [9.17, 15) is 0 Å². The van der Waals surface area contributed by atoms with E-state index in [1.54, 1.807) is 14.2 Å². The minimum atomic E-state index is 0. The number of rotatable bonds is 9. The van der Waals surface area contributed by atoms with Crippen LogP contribution in [0.4, 0.5) is 0 Å². The lowest BCUT2D eigenvalue weighted by Crippen LogP contribution is -2.46. The minimum Gasteiger partial charge on any atom is -0.493 e. The van der Waals surface area contributed by atoms with Crippen molar-refractivity contribution < 1.29 is 9.47 Å². The average molecular weight is 569 g/mol. The Bertz CT molecular complexity index is 937. The van der Waals surface area contributed by atoms with Crippen LogP contribution in [0.1, 0.15) is 49.3 Å². The third kappa shape index (κ3) is 6.61. The zero-order valence-corrected chi connectivity index (χ0v) is 22.5. The molecule has 0 atom stereocenters. The topological polar surface area (TPSA) is 85.6 Å². The summed E-state index contributed by atoms with van der Waals surface area (Å²) in [5, 5.41) is 15.3. The normalized spacial score (nSPS) is 15.3. The van der Waals surface area contributed by atoms with E-state index in [2.05, 4.69) is 39.5 Å². The molecular weight excluding hydrogens is 531 g/mol. The average Bonchev–Trinajstić information content (AvgIpc) is 3.15. The largest absolute Gasteiger partial charge is 0.493 e. The minimum absolute atomic E-state index is 0. The summed E-state index contributed by atoms with van der Waals surface area (Å²) in [6.45, 7) is 7.62. The number of aliphatic imine (C=N–C) groups is 1. The first-order valence-electron chi connectivity index (χ1n) is 11.2. The Morgan fingerprint density at radius 2 is 1.88 bits per heavy atom. The second-order valence-electron chi connectivity index (χ2n) is 8.32. The van der Waals surface area contributed by atoms with Crippen LogP contribution in [0, 0.1) is 6.92 Å². The van der Waals surface area contributed by atoms with E-state index in [-0.39, 0.29) is 29.4 Å². The molecule has 9 heteroatoms. The Labute approximate surface area is 214 Å². The summed E-state index contributed by atoms with van der Waals surface area (Å²) >= 11 is 0. The highest BCUT2D eigenvalue weighted by Gasteiger charge is 2.34. The summed E-state index contributed by atoms with van der Waals surface area (Å²) in [5.41, 5.74) is 1.28. The molecule has 1 fully saturated rings. The van der Waals surface area contributed by atoms with Crippen molar-refractivity contribution in [3.63, 3.8) is 0 Å². The SMILES string of the molecule is C=CCNC(=NCc1nnc(C)n1C)NCC1(c2ccc(OC)c(OC)c2)CCCCC1.I. The molecule has 1 aliphatic rings. The van der Waals surface area contributed by atoms with Gasteiger partial charge in [0.25, 0.3) is 0 Å². The van der Waals surface area contributed by atoms with Gasteiger partial charge in [-0.05, 0) is 37.5 Å². The van der Waals surface area contributed by atoms with Gasteiger partial charge in [0, 0.05) is 25.6 Å². The third-order valence-corrected chi connectivity index (χ3v) is 6.38. The molecule has 1 aromatic carbocycles. The summed E-state index contributed by atoms with van der Waals surface area (Å²) in [4.78, 5) is 4.75. The number of methoxy groups -OCH3 is 2. The second kappa shape index (κ2) is 12.8. The standard InChI is InChI=1S/C24H36N6O2.HI/c1-6-14-25-23(26-16-22-29-28-18(2)30(22)3)27-17-24(12-8-7-9-13-24)19-10-11-20(31-4)21(15-19)32-5;/h6,10-11,15H,1,7-9,12-14,16-17H2,2-5H3,(H2,25,26,27);1H. The van der Waals surface area contributed by atoms with Crippen molar-refractivity contribution >= 4 is 29.9 Å². The molecule has 0 aliphatic heterocycles. The van der Waals surface area contributed by atoms with Gasteiger partial charge in [-0.25, -0.2) is 4.99 Å². The molecule has 182 valence electrons. The molecule has 3 rings (SSSR count). The first-order valence-corrected chi connectivity index (χ1v) is 11.2. The number of aromatic nitrogens is 3. The molecule has 33 heavy (non-hydrogen) atoms. The van der Waals surface area contributed by atoms with Gasteiger partial charge in [-0.15, -0.1) is 40.8 Å². The maximum Gasteiger partial charge on any atom is 0.191 e. The van der Waals surface area contributed by atoms with Crippen molar-refractivity contribution in [1.29, 1.82) is 0 Å². The molecule has 8 nitrogen and oxygen atoms in total. The molecule has 2 N–H and O–H groups in total. The molecule has 0 saturated heterocycles. The number of benzene rings is 1. The van der Waals surface area contributed by atoms with Crippen LogP contribution in [0.3, 0.4) is 0 Å². The zero-order valence-electron chi connectivity index (χ0n) is 20.2. The predicted molar refractivity (Wildman–Crippen MR) is 143 cm³/mol. The van der Waals surface area contributed by atoms with Crippen LogP contribution in [0.15, 0.2) is 35.8 Å². The fourth-order valence-corrected chi connectivity index (χ4v) is 4.30. The summed E-state index contributed by atoms with van der Waals surface area (Å²) in [5.74, 6) is 3.97. The van der Waals surface area contributed by atoms with Crippen LogP contribution in [-0.4, -0.2) is 48.0 Å². The van der Waals surface area contributed by atoms with E-state index in [0.717, 1.165) is 48.5 Å². The first kappa shape index (κ1) is 26.9. The number of guanidine groups is 1. The van der Waals surface area contributed by atoms with E-state index >= 15 is 0 Å². The monoisotopic (exact) mass is 568 g/mol. The van der Waals surface area contributed by atoms with Crippen LogP contribution in [0.5, 0.6) is 11.5 Å². The van der Waals surface area contributed by atoms with Crippen molar-refractivity contribution in [2.24, 2.45) is 12.0 Å². The van der Waals surface area contributed by atoms with Gasteiger partial charge in [0.1, 0.15) is 12.4 Å². The van der Waals surface area contributed by atoms with E-state index < -0.39 is 0 Å². The molecule has 0 unspecified atom stereocenters. The van der Waals surface area contributed by atoms with E-state index in [1.165, 1.54) is 24.8 Å². The lowest BCUT2D eigenvalue weighted by molar-refractivity contribution is 0.288. The molecule has 0 spiro atoms. The molecule has 1 aromatic heterocycles. The van der Waals surface area contributed by atoms with Gasteiger partial charge < -0.3 is 24.7 Å². The Kier molecular flexibility index (Phi) is 10.5. The van der Waals surface area contributed by atoms with Gasteiger partial charge in [0.2, 0.25) is 0 Å². The second-order valence-corrected chi connectivity index (χ2v) is 8.32. The van der Waals surface area contributed by atoms with Crippen LogP contribution in [-0.2, 0) is 19.0 Å². The third-order valence-electron chi connectivity index (χ3n) is 6.38. The predicted octanol–water partition coefficient (Wildman–Crippen LogP) is 3.88. The van der Waals surface area contributed by atoms with Gasteiger partial charge in [0.15, 0.2) is 23.3 Å². The van der Waals surface area contributed by atoms with Gasteiger partial charge in [-0.1, -0.05) is 31.4 Å². The molecule has 1 heterocycles. The number of nitrogens with one attached hydrogen (secondary N) is 2. The van der Waals surface area contributed by atoms with Crippen molar-refractivity contribution in [2.75, 3.05) is 27.3 Å². The van der Waals surface area contributed by atoms with Crippen LogP contribution >= 0.6 is 24.0 Å². The van der Waals surface area contributed by atoms with Crippen molar-refractivity contribution in [3.05, 3.63) is 48.1 Å². The number of halogens is 1. The number of hydrogen-bond donors (Lipinski definition) is 2. The number of aryl methyl sites for hydroxylation is 1. The van der Waals surface area contributed by atoms with Gasteiger partial charge >= 0.3 is 0 Å². The maximum atomic E-state index is 5.58. The van der Waals surface area contributed by atoms with Gasteiger partial charge in [-0.3, -0.25) is 0 Å². The zero-order chi connectivity index (χ0) is 23.0. The first-order chi connectivity index (χ1) is 15.5. The number of ether oxygens (including phenoxy) is 2. The molecular formula is C24H37IN6O2. The van der Waals surface area contributed by atoms with E-state index in [0.29, 0.717) is 13.1 Å². The molecule has 1 saturated carbocycles. The van der Waals surface area contributed by atoms with Crippen molar-refractivity contribution in [1.82, 2.24) is 25.4 Å². The summed E-state index contributed by atoms with van der Waals surface area (Å²) in [7, 11) is 5.31. The number of nitrogens with zero attached hydrogens (tertiary/aromatic N) is 4. The molecule has 1 aliphatic carbocycles. The fraction of sp³-hybridized carbons (Fsp3) is 0.542. The lowest BCUT2D eigenvalue weighted by Gasteiger charge is -2.38. The summed E-state index contributed by atoms with van der Waals surface area (Å²) < 4.78 is 13.0. The lowest BCUT2D eigenvalue weighted by atomic mass is 9.69. The van der Waals surface area contributed by atoms with Gasteiger partial charge in [0.05, 0.1) is 14.2 Å². The van der Waals surface area contributed by atoms with Crippen molar-refractivity contribution in [2.45, 2.75) is 51.0 Å². The van der Waals surface area contributed by atoms with Gasteiger partial charge in [-0.2, -0.15) is 0 Å². The molecule has 2 aromatic rings. The molecule has 0 radical (unpaired) electrons.